The zero-order valence-electron chi connectivity index (χ0n) is 11.8. The first-order chi connectivity index (χ1) is 9.49. The maximum atomic E-state index is 12.2. The van der Waals surface area contributed by atoms with E-state index in [4.69, 9.17) is 0 Å². The molecule has 5 nitrogen and oxygen atoms in total. The second kappa shape index (κ2) is 6.05. The fourth-order valence-corrected chi connectivity index (χ4v) is 2.50. The summed E-state index contributed by atoms with van der Waals surface area (Å²) in [5, 5.41) is 15.6. The van der Waals surface area contributed by atoms with Crippen molar-refractivity contribution in [3.63, 3.8) is 0 Å². The molecule has 1 heterocycles. The number of hydrogen-bond acceptors (Lipinski definition) is 3. The molecule has 0 radical (unpaired) electrons. The third kappa shape index (κ3) is 3.17. The van der Waals surface area contributed by atoms with Gasteiger partial charge in [0.05, 0.1) is 12.0 Å². The predicted molar refractivity (Wildman–Crippen MR) is 71.3 cm³/mol. The van der Waals surface area contributed by atoms with Gasteiger partial charge in [0.25, 0.3) is 5.91 Å². The summed E-state index contributed by atoms with van der Waals surface area (Å²) in [5.74, 6) is -1.66. The van der Waals surface area contributed by atoms with Crippen LogP contribution in [0.3, 0.4) is 0 Å². The Morgan fingerprint density at radius 1 is 1.30 bits per heavy atom. The zero-order valence-corrected chi connectivity index (χ0v) is 11.8. The van der Waals surface area contributed by atoms with E-state index in [2.05, 4.69) is 11.4 Å². The van der Waals surface area contributed by atoms with Crippen molar-refractivity contribution in [2.75, 3.05) is 0 Å². The number of nitrogens with two attached hydrogens (primary N) is 1. The minimum Gasteiger partial charge on any atom is -0.548 e. The molecule has 0 unspecified atom stereocenters. The van der Waals surface area contributed by atoms with E-state index in [9.17, 15) is 14.7 Å². The smallest absolute Gasteiger partial charge is 0.279 e. The van der Waals surface area contributed by atoms with Crippen molar-refractivity contribution in [2.24, 2.45) is 5.92 Å². The summed E-state index contributed by atoms with van der Waals surface area (Å²) in [7, 11) is 0. The Bertz CT molecular complexity index is 514. The molecule has 5 heteroatoms. The lowest BCUT2D eigenvalue weighted by Gasteiger charge is -2.27. The van der Waals surface area contributed by atoms with E-state index >= 15 is 0 Å². The molecule has 2 atom stereocenters. The summed E-state index contributed by atoms with van der Waals surface area (Å²) < 4.78 is 0. The first-order valence-corrected chi connectivity index (χ1v) is 6.90. The lowest BCUT2D eigenvalue weighted by molar-refractivity contribution is -0.695. The number of nitrogens with one attached hydrogen (secondary N) is 1. The monoisotopic (exact) mass is 276 g/mol. The molecule has 0 spiro atoms. The predicted octanol–water partition coefficient (Wildman–Crippen LogP) is -1.43. The number of carboxylic acids is 1. The molecular weight excluding hydrogens is 256 g/mol. The number of benzene rings is 1. The maximum absolute atomic E-state index is 12.2. The summed E-state index contributed by atoms with van der Waals surface area (Å²) >= 11 is 0. The van der Waals surface area contributed by atoms with E-state index in [-0.39, 0.29) is 17.9 Å². The van der Waals surface area contributed by atoms with Crippen LogP contribution < -0.4 is 15.7 Å². The highest BCUT2D eigenvalue weighted by Gasteiger charge is 2.29. The third-order valence-corrected chi connectivity index (χ3v) is 3.74. The second-order valence-corrected chi connectivity index (χ2v) is 5.57. The van der Waals surface area contributed by atoms with Gasteiger partial charge < -0.3 is 20.5 Å². The van der Waals surface area contributed by atoms with Gasteiger partial charge in [0.2, 0.25) is 0 Å². The Balaban J connectivity index is 2.03. The number of carboxylic acid groups (broad SMARTS) is 1. The van der Waals surface area contributed by atoms with Gasteiger partial charge in [0.1, 0.15) is 6.54 Å². The Morgan fingerprint density at radius 2 is 1.95 bits per heavy atom. The van der Waals surface area contributed by atoms with Crippen LogP contribution in [0.4, 0.5) is 0 Å². The topological polar surface area (TPSA) is 85.8 Å². The molecular formula is C15H20N2O3. The van der Waals surface area contributed by atoms with E-state index in [1.165, 1.54) is 5.56 Å². The summed E-state index contributed by atoms with van der Waals surface area (Å²) in [4.78, 5) is 23.2. The number of hydrogen-bond donors (Lipinski definition) is 2. The number of amides is 1. The third-order valence-electron chi connectivity index (χ3n) is 3.74. The minimum atomic E-state index is -1.23. The van der Waals surface area contributed by atoms with Gasteiger partial charge in [0.15, 0.2) is 6.04 Å². The standard InChI is InChI=1S/C15H20N2O3/c1-9(2)13(15(19)20)17-14(18)12-7-10-5-3-4-6-11(10)8-16-12/h3-6,9,12-13,16H,7-8H2,1-2H3,(H,17,18)(H,19,20)/t12-,13+/m0/s1. The van der Waals surface area contributed by atoms with Gasteiger partial charge in [-0.2, -0.15) is 0 Å². The van der Waals surface area contributed by atoms with Gasteiger partial charge in [-0.1, -0.05) is 38.1 Å². The molecule has 0 bridgehead atoms. The molecule has 0 aromatic heterocycles. The van der Waals surface area contributed by atoms with Crippen molar-refractivity contribution in [1.29, 1.82) is 0 Å². The van der Waals surface area contributed by atoms with Crippen molar-refractivity contribution in [3.8, 4) is 0 Å². The highest BCUT2D eigenvalue weighted by atomic mass is 16.4. The summed E-state index contributed by atoms with van der Waals surface area (Å²) in [6, 6.07) is 6.80. The fraction of sp³-hybridized carbons (Fsp3) is 0.467. The molecule has 1 aromatic carbocycles. The van der Waals surface area contributed by atoms with Crippen LogP contribution in [-0.2, 0) is 22.6 Å². The molecule has 0 aliphatic carbocycles. The first kappa shape index (κ1) is 14.5. The van der Waals surface area contributed by atoms with Crippen LogP contribution in [0.5, 0.6) is 0 Å². The number of quaternary nitrogens is 1. The van der Waals surface area contributed by atoms with Crippen LogP contribution in [0, 0.1) is 5.92 Å². The minimum absolute atomic E-state index is 0.195. The Hall–Kier alpha value is -1.88. The second-order valence-electron chi connectivity index (χ2n) is 5.57. The van der Waals surface area contributed by atoms with E-state index in [0.717, 1.165) is 12.1 Å². The fourth-order valence-electron chi connectivity index (χ4n) is 2.50. The average molecular weight is 276 g/mol. The average Bonchev–Trinajstić information content (AvgIpc) is 2.43. The SMILES string of the molecule is CC(C)[C@@H](NC(=O)[C@@H]1Cc2ccccc2C[NH2+]1)C(=O)[O-]. The van der Waals surface area contributed by atoms with Crippen molar-refractivity contribution < 1.29 is 20.0 Å². The Morgan fingerprint density at radius 3 is 2.55 bits per heavy atom. The number of carbonyl (C=O) groups excluding carboxylic acids is 2. The van der Waals surface area contributed by atoms with Gasteiger partial charge >= 0.3 is 0 Å². The van der Waals surface area contributed by atoms with E-state index in [0.29, 0.717) is 6.42 Å². The number of carbonyl (C=O) groups is 2. The van der Waals surface area contributed by atoms with E-state index in [1.807, 2.05) is 23.5 Å². The van der Waals surface area contributed by atoms with Crippen molar-refractivity contribution in [2.45, 2.75) is 38.9 Å². The number of fused-ring (bicyclic) bond motifs is 1. The molecule has 1 aromatic rings. The molecule has 2 rings (SSSR count). The van der Waals surface area contributed by atoms with Crippen LogP contribution in [0.25, 0.3) is 0 Å². The lowest BCUT2D eigenvalue weighted by atomic mass is 9.95. The van der Waals surface area contributed by atoms with Crippen molar-refractivity contribution in [1.82, 2.24) is 5.32 Å². The van der Waals surface area contributed by atoms with Crippen LogP contribution in [0.15, 0.2) is 24.3 Å². The Kier molecular flexibility index (Phi) is 4.39. The van der Waals surface area contributed by atoms with Crippen LogP contribution in [0.2, 0.25) is 0 Å². The molecule has 1 aliphatic heterocycles. The number of rotatable bonds is 4. The molecule has 1 amide bonds. The van der Waals surface area contributed by atoms with Crippen LogP contribution in [0.1, 0.15) is 25.0 Å². The normalized spacial score (nSPS) is 19.2. The van der Waals surface area contributed by atoms with Gasteiger partial charge in [-0.25, -0.2) is 0 Å². The molecule has 3 N–H and O–H groups in total. The van der Waals surface area contributed by atoms with Gasteiger partial charge in [0, 0.05) is 12.0 Å². The van der Waals surface area contributed by atoms with Crippen molar-refractivity contribution in [3.05, 3.63) is 35.4 Å². The molecule has 0 saturated carbocycles. The molecule has 0 saturated heterocycles. The molecule has 108 valence electrons. The molecule has 1 aliphatic rings. The quantitative estimate of drug-likeness (QED) is 0.706. The van der Waals surface area contributed by atoms with Crippen molar-refractivity contribution >= 4 is 11.9 Å². The van der Waals surface area contributed by atoms with Gasteiger partial charge in [-0.15, -0.1) is 0 Å². The van der Waals surface area contributed by atoms with Gasteiger partial charge in [-0.3, -0.25) is 4.79 Å². The highest BCUT2D eigenvalue weighted by molar-refractivity contribution is 5.85. The largest absolute Gasteiger partial charge is 0.548 e. The number of aliphatic carboxylic acids is 1. The summed E-state index contributed by atoms with van der Waals surface area (Å²) in [6.45, 7) is 4.24. The van der Waals surface area contributed by atoms with Crippen LogP contribution >= 0.6 is 0 Å². The van der Waals surface area contributed by atoms with Crippen LogP contribution in [-0.4, -0.2) is 24.0 Å². The summed E-state index contributed by atoms with van der Waals surface area (Å²) in [5.41, 5.74) is 2.39. The van der Waals surface area contributed by atoms with E-state index in [1.54, 1.807) is 13.8 Å². The molecule has 20 heavy (non-hydrogen) atoms. The highest BCUT2D eigenvalue weighted by Crippen LogP contribution is 2.13. The van der Waals surface area contributed by atoms with Gasteiger partial charge in [-0.05, 0) is 11.5 Å². The summed E-state index contributed by atoms with van der Waals surface area (Å²) in [6.07, 6.45) is 0.625. The Labute approximate surface area is 118 Å². The zero-order chi connectivity index (χ0) is 14.7. The van der Waals surface area contributed by atoms with E-state index < -0.39 is 12.0 Å². The molecule has 0 fully saturated rings. The maximum Gasteiger partial charge on any atom is 0.279 e. The first-order valence-electron chi connectivity index (χ1n) is 6.90. The lowest BCUT2D eigenvalue weighted by Crippen LogP contribution is -2.93.